The Morgan fingerprint density at radius 1 is 1.00 bits per heavy atom. The first-order chi connectivity index (χ1) is 16.1. The number of rotatable bonds is 4. The van der Waals surface area contributed by atoms with Gasteiger partial charge in [0.05, 0.1) is 19.7 Å². The molecule has 10 nitrogen and oxygen atoms in total. The number of anilines is 2. The highest BCUT2D eigenvalue weighted by atomic mass is 35.5. The number of benzene rings is 2. The fourth-order valence-electron chi connectivity index (χ4n) is 4.08. The third kappa shape index (κ3) is 5.03. The van der Waals surface area contributed by atoms with Crippen LogP contribution in [0.3, 0.4) is 0 Å². The predicted octanol–water partition coefficient (Wildman–Crippen LogP) is 2.56. The highest BCUT2D eigenvalue weighted by Crippen LogP contribution is 2.34. The summed E-state index contributed by atoms with van der Waals surface area (Å²) in [6, 6.07) is 10.9. The van der Waals surface area contributed by atoms with Gasteiger partial charge in [-0.2, -0.15) is 4.98 Å². The van der Waals surface area contributed by atoms with Crippen LogP contribution in [-0.2, 0) is 4.79 Å². The van der Waals surface area contributed by atoms with Crippen molar-refractivity contribution in [3.8, 4) is 23.0 Å². The average molecular weight is 524 g/mol. The highest BCUT2D eigenvalue weighted by molar-refractivity contribution is 5.92. The molecule has 2 aliphatic rings. The number of hydrogen-bond donors (Lipinski definition) is 1. The summed E-state index contributed by atoms with van der Waals surface area (Å²) >= 11 is 0. The second-order valence-electron chi connectivity index (χ2n) is 7.81. The standard InChI is InChI=1S/C23H25N5O5.2ClH/c1-30-18-11-14-15(12-19(18)31-2)25-23(26-21(14)24)28-9-7-27(8-10-28)22(29)20-13-32-16-5-3-4-6-17(16)33-20;;/h3-6,11-12,20H,7-10,13H2,1-2H3,(H2,24,25,26);2*1H. The van der Waals surface area contributed by atoms with Crippen LogP contribution in [0.2, 0.25) is 0 Å². The van der Waals surface area contributed by atoms with Gasteiger partial charge in [0.1, 0.15) is 12.4 Å². The van der Waals surface area contributed by atoms with Crippen LogP contribution in [0.4, 0.5) is 11.8 Å². The summed E-state index contributed by atoms with van der Waals surface area (Å²) in [5.41, 5.74) is 6.89. The van der Waals surface area contributed by atoms with E-state index in [9.17, 15) is 4.79 Å². The monoisotopic (exact) mass is 523 g/mol. The third-order valence-electron chi connectivity index (χ3n) is 5.88. The molecule has 0 saturated carbocycles. The topological polar surface area (TPSA) is 112 Å². The average Bonchev–Trinajstić information content (AvgIpc) is 2.87. The Labute approximate surface area is 215 Å². The molecule has 1 unspecified atom stereocenters. The van der Waals surface area contributed by atoms with Gasteiger partial charge < -0.3 is 34.5 Å². The quantitative estimate of drug-likeness (QED) is 0.550. The summed E-state index contributed by atoms with van der Waals surface area (Å²) in [4.78, 5) is 26.0. The first kappa shape index (κ1) is 26.2. The van der Waals surface area contributed by atoms with Crippen molar-refractivity contribution in [2.24, 2.45) is 0 Å². The Bertz CT molecular complexity index is 1210. The number of nitrogen functional groups attached to an aromatic ring is 1. The molecule has 1 aromatic heterocycles. The molecule has 5 rings (SSSR count). The maximum atomic E-state index is 13.0. The van der Waals surface area contributed by atoms with Crippen molar-refractivity contribution >= 4 is 53.4 Å². The highest BCUT2D eigenvalue weighted by Gasteiger charge is 2.33. The smallest absolute Gasteiger partial charge is 0.267 e. The molecule has 3 heterocycles. The minimum Gasteiger partial charge on any atom is -0.493 e. The number of nitrogens with zero attached hydrogens (tertiary/aromatic N) is 4. The van der Waals surface area contributed by atoms with Crippen molar-refractivity contribution < 1.29 is 23.7 Å². The minimum absolute atomic E-state index is 0. The first-order valence-electron chi connectivity index (χ1n) is 10.7. The summed E-state index contributed by atoms with van der Waals surface area (Å²) in [7, 11) is 3.14. The van der Waals surface area contributed by atoms with Crippen LogP contribution in [0.1, 0.15) is 0 Å². The van der Waals surface area contributed by atoms with Gasteiger partial charge in [-0.05, 0) is 18.2 Å². The molecule has 1 fully saturated rings. The summed E-state index contributed by atoms with van der Waals surface area (Å²) in [5.74, 6) is 3.18. The van der Waals surface area contributed by atoms with Gasteiger partial charge >= 0.3 is 0 Å². The number of carbonyl (C=O) groups excluding carboxylic acids is 1. The molecule has 0 radical (unpaired) electrons. The fraction of sp³-hybridized carbons (Fsp3) is 0.348. The van der Waals surface area contributed by atoms with E-state index < -0.39 is 6.10 Å². The number of hydrogen-bond acceptors (Lipinski definition) is 9. The van der Waals surface area contributed by atoms with Crippen LogP contribution in [0.15, 0.2) is 36.4 Å². The van der Waals surface area contributed by atoms with Gasteiger partial charge in [0.15, 0.2) is 23.0 Å². The Morgan fingerprint density at radius 3 is 2.34 bits per heavy atom. The number of nitrogens with two attached hydrogens (primary N) is 1. The van der Waals surface area contributed by atoms with E-state index in [0.29, 0.717) is 71.8 Å². The molecule has 0 bridgehead atoms. The number of piperazine rings is 1. The summed E-state index contributed by atoms with van der Waals surface area (Å²) in [6.07, 6.45) is -0.651. The number of amides is 1. The van der Waals surface area contributed by atoms with E-state index in [1.54, 1.807) is 37.3 Å². The zero-order chi connectivity index (χ0) is 22.9. The maximum absolute atomic E-state index is 13.0. The van der Waals surface area contributed by atoms with Crippen molar-refractivity contribution in [3.63, 3.8) is 0 Å². The van der Waals surface area contributed by atoms with Crippen LogP contribution in [-0.4, -0.2) is 73.9 Å². The van der Waals surface area contributed by atoms with Gasteiger partial charge in [0.2, 0.25) is 12.1 Å². The Kier molecular flexibility index (Phi) is 8.18. The SMILES string of the molecule is COc1cc2nc(N3CCN(C(=O)C4COc5ccccc5O4)CC3)nc(N)c2cc1OC.Cl.Cl. The molecule has 2 aromatic carbocycles. The van der Waals surface area contributed by atoms with Crippen LogP contribution in [0, 0.1) is 0 Å². The summed E-state index contributed by atoms with van der Waals surface area (Å²) < 4.78 is 22.3. The lowest BCUT2D eigenvalue weighted by molar-refractivity contribution is -0.141. The summed E-state index contributed by atoms with van der Waals surface area (Å²) in [5, 5.41) is 0.694. The van der Waals surface area contributed by atoms with E-state index in [2.05, 4.69) is 9.97 Å². The molecule has 188 valence electrons. The summed E-state index contributed by atoms with van der Waals surface area (Å²) in [6.45, 7) is 2.40. The van der Waals surface area contributed by atoms with Gasteiger partial charge in [-0.3, -0.25) is 4.79 Å². The van der Waals surface area contributed by atoms with Crippen LogP contribution >= 0.6 is 24.8 Å². The molecule has 1 saturated heterocycles. The molecule has 12 heteroatoms. The van der Waals surface area contributed by atoms with Gasteiger partial charge in [-0.25, -0.2) is 4.98 Å². The first-order valence-corrected chi connectivity index (χ1v) is 10.7. The molecule has 0 spiro atoms. The maximum Gasteiger partial charge on any atom is 0.267 e. The van der Waals surface area contributed by atoms with E-state index in [-0.39, 0.29) is 37.3 Å². The lowest BCUT2D eigenvalue weighted by Gasteiger charge is -2.37. The number of ether oxygens (including phenoxy) is 4. The molecule has 3 aromatic rings. The van der Waals surface area contributed by atoms with E-state index in [0.717, 1.165) is 0 Å². The van der Waals surface area contributed by atoms with Crippen molar-refractivity contribution in [2.45, 2.75) is 6.10 Å². The zero-order valence-corrected chi connectivity index (χ0v) is 20.9. The molecule has 1 amide bonds. The molecule has 2 N–H and O–H groups in total. The number of methoxy groups -OCH3 is 2. The van der Waals surface area contributed by atoms with Crippen molar-refractivity contribution in [1.82, 2.24) is 14.9 Å². The van der Waals surface area contributed by atoms with Crippen molar-refractivity contribution in [3.05, 3.63) is 36.4 Å². The zero-order valence-electron chi connectivity index (χ0n) is 19.3. The molecular formula is C23H27Cl2N5O5. The Hall–Kier alpha value is -3.37. The number of carbonyl (C=O) groups is 1. The second kappa shape index (κ2) is 10.9. The van der Waals surface area contributed by atoms with E-state index in [4.69, 9.17) is 24.7 Å². The van der Waals surface area contributed by atoms with Crippen LogP contribution < -0.4 is 29.6 Å². The molecule has 1 atom stereocenters. The van der Waals surface area contributed by atoms with E-state index in [1.165, 1.54) is 0 Å². The number of halogens is 2. The van der Waals surface area contributed by atoms with Crippen LogP contribution in [0.5, 0.6) is 23.0 Å². The van der Waals surface area contributed by atoms with Gasteiger partial charge in [0, 0.05) is 37.6 Å². The normalized spacial score (nSPS) is 16.7. The number of fused-ring (bicyclic) bond motifs is 2. The Balaban J connectivity index is 0.00000171. The van der Waals surface area contributed by atoms with E-state index >= 15 is 0 Å². The van der Waals surface area contributed by atoms with Crippen molar-refractivity contribution in [1.29, 1.82) is 0 Å². The van der Waals surface area contributed by atoms with Gasteiger partial charge in [-0.1, -0.05) is 12.1 Å². The lowest BCUT2D eigenvalue weighted by atomic mass is 10.2. The molecule has 2 aliphatic heterocycles. The lowest BCUT2D eigenvalue weighted by Crippen LogP contribution is -2.54. The second-order valence-corrected chi connectivity index (χ2v) is 7.81. The third-order valence-corrected chi connectivity index (χ3v) is 5.88. The predicted molar refractivity (Wildman–Crippen MR) is 137 cm³/mol. The van der Waals surface area contributed by atoms with Gasteiger partial charge in [-0.15, -0.1) is 24.8 Å². The van der Waals surface area contributed by atoms with Gasteiger partial charge in [0.25, 0.3) is 5.91 Å². The molecule has 0 aliphatic carbocycles. The van der Waals surface area contributed by atoms with Crippen LogP contribution in [0.25, 0.3) is 10.9 Å². The largest absolute Gasteiger partial charge is 0.493 e. The molecule has 35 heavy (non-hydrogen) atoms. The number of aromatic nitrogens is 2. The Morgan fingerprint density at radius 2 is 1.66 bits per heavy atom. The van der Waals surface area contributed by atoms with E-state index in [1.807, 2.05) is 23.1 Å². The number of para-hydroxylation sites is 2. The molecular weight excluding hydrogens is 497 g/mol. The van der Waals surface area contributed by atoms with Crippen molar-refractivity contribution in [2.75, 3.05) is 57.6 Å². The fourth-order valence-corrected chi connectivity index (χ4v) is 4.08. The minimum atomic E-state index is -0.651.